The molecule has 0 atom stereocenters. The minimum absolute atomic E-state index is 0.450. The number of ether oxygens (including phenoxy) is 1. The lowest BCUT2D eigenvalue weighted by molar-refractivity contribution is -0.124. The first kappa shape index (κ1) is 10.3. The quantitative estimate of drug-likeness (QED) is 0.749. The van der Waals surface area contributed by atoms with Gasteiger partial charge in [0.05, 0.1) is 13.2 Å². The van der Waals surface area contributed by atoms with E-state index < -0.39 is 0 Å². The Bertz CT molecular complexity index is 385. The number of anilines is 1. The van der Waals surface area contributed by atoms with Crippen molar-refractivity contribution < 1.29 is 4.74 Å². The molecule has 2 aliphatic rings. The Kier molecular flexibility index (Phi) is 2.48. The molecule has 1 spiro atoms. The Morgan fingerprint density at radius 1 is 1.19 bits per heavy atom. The van der Waals surface area contributed by atoms with Crippen molar-refractivity contribution >= 4 is 17.4 Å². The van der Waals surface area contributed by atoms with Crippen molar-refractivity contribution in [2.45, 2.75) is 12.8 Å². The van der Waals surface area contributed by atoms with Crippen molar-refractivity contribution in [3.05, 3.63) is 17.5 Å². The van der Waals surface area contributed by atoms with E-state index in [4.69, 9.17) is 16.3 Å². The first-order valence-electron chi connectivity index (χ1n) is 5.58. The van der Waals surface area contributed by atoms with Gasteiger partial charge in [-0.05, 0) is 12.8 Å². The Morgan fingerprint density at radius 3 is 2.44 bits per heavy atom. The van der Waals surface area contributed by atoms with E-state index in [1.165, 1.54) is 12.8 Å². The minimum atomic E-state index is 0.450. The molecule has 0 saturated carbocycles. The normalized spacial score (nSPS) is 23.2. The maximum absolute atomic E-state index is 6.04. The summed E-state index contributed by atoms with van der Waals surface area (Å²) in [7, 11) is 0. The van der Waals surface area contributed by atoms with E-state index in [-0.39, 0.29) is 0 Å². The standard InChI is InChI=1S/C11H14ClN3O/c12-9-10(14-4-3-13-9)15-5-1-11(2-6-15)7-16-8-11/h3-4H,1-2,5-8H2. The zero-order chi connectivity index (χ0) is 11.0. The monoisotopic (exact) mass is 239 g/mol. The second-order valence-electron chi connectivity index (χ2n) is 4.65. The van der Waals surface area contributed by atoms with Crippen molar-refractivity contribution in [1.82, 2.24) is 9.97 Å². The van der Waals surface area contributed by atoms with Crippen molar-refractivity contribution in [3.8, 4) is 0 Å². The van der Waals surface area contributed by atoms with Crippen LogP contribution in [0.2, 0.25) is 5.15 Å². The lowest BCUT2D eigenvalue weighted by Gasteiger charge is -2.47. The molecule has 1 aromatic heterocycles. The summed E-state index contributed by atoms with van der Waals surface area (Å²) in [5.41, 5.74) is 0.450. The highest BCUT2D eigenvalue weighted by atomic mass is 35.5. The highest BCUT2D eigenvalue weighted by Gasteiger charge is 2.41. The SMILES string of the molecule is Clc1nccnc1N1CCC2(CC1)COC2. The predicted octanol–water partition coefficient (Wildman–Crippen LogP) is 1.75. The number of hydrogen-bond acceptors (Lipinski definition) is 4. The zero-order valence-corrected chi connectivity index (χ0v) is 9.78. The van der Waals surface area contributed by atoms with Gasteiger partial charge < -0.3 is 9.64 Å². The fourth-order valence-corrected chi connectivity index (χ4v) is 2.62. The molecule has 0 N–H and O–H groups in total. The molecule has 0 bridgehead atoms. The predicted molar refractivity (Wildman–Crippen MR) is 61.7 cm³/mol. The third-order valence-corrected chi connectivity index (χ3v) is 3.84. The van der Waals surface area contributed by atoms with E-state index in [0.29, 0.717) is 10.6 Å². The van der Waals surface area contributed by atoms with Crippen LogP contribution in [0, 0.1) is 5.41 Å². The van der Waals surface area contributed by atoms with Crippen LogP contribution in [0.3, 0.4) is 0 Å². The Morgan fingerprint density at radius 2 is 1.88 bits per heavy atom. The van der Waals surface area contributed by atoms with Crippen LogP contribution in [0.5, 0.6) is 0 Å². The second-order valence-corrected chi connectivity index (χ2v) is 5.01. The van der Waals surface area contributed by atoms with E-state index >= 15 is 0 Å². The third-order valence-electron chi connectivity index (χ3n) is 3.58. The number of piperidine rings is 1. The van der Waals surface area contributed by atoms with Gasteiger partial charge in [-0.1, -0.05) is 11.6 Å². The van der Waals surface area contributed by atoms with Crippen molar-refractivity contribution in [1.29, 1.82) is 0 Å². The van der Waals surface area contributed by atoms with Crippen LogP contribution in [-0.2, 0) is 4.74 Å². The molecule has 1 aromatic rings. The molecule has 0 amide bonds. The van der Waals surface area contributed by atoms with Gasteiger partial charge in [-0.15, -0.1) is 0 Å². The van der Waals surface area contributed by atoms with Gasteiger partial charge in [0, 0.05) is 30.9 Å². The van der Waals surface area contributed by atoms with Crippen LogP contribution >= 0.6 is 11.6 Å². The van der Waals surface area contributed by atoms with Gasteiger partial charge in [0.1, 0.15) is 0 Å². The van der Waals surface area contributed by atoms with E-state index in [1.807, 2.05) is 0 Å². The summed E-state index contributed by atoms with van der Waals surface area (Å²) in [6.45, 7) is 3.85. The molecule has 86 valence electrons. The second kappa shape index (κ2) is 3.86. The Balaban J connectivity index is 1.72. The molecule has 5 heteroatoms. The molecule has 4 nitrogen and oxygen atoms in total. The molecule has 2 fully saturated rings. The highest BCUT2D eigenvalue weighted by molar-refractivity contribution is 6.31. The largest absolute Gasteiger partial charge is 0.380 e. The average molecular weight is 240 g/mol. The first-order valence-corrected chi connectivity index (χ1v) is 5.96. The topological polar surface area (TPSA) is 38.2 Å². The Labute approximate surface area is 99.6 Å². The van der Waals surface area contributed by atoms with Crippen LogP contribution in [0.1, 0.15) is 12.8 Å². The Hall–Kier alpha value is -0.870. The summed E-state index contributed by atoms with van der Waals surface area (Å²) in [5.74, 6) is 0.819. The molecule has 0 aromatic carbocycles. The van der Waals surface area contributed by atoms with Gasteiger partial charge >= 0.3 is 0 Å². The van der Waals surface area contributed by atoms with Gasteiger partial charge in [0.25, 0.3) is 0 Å². The molecule has 0 radical (unpaired) electrons. The summed E-state index contributed by atoms with van der Waals surface area (Å²) in [6, 6.07) is 0. The van der Waals surface area contributed by atoms with E-state index in [2.05, 4.69) is 14.9 Å². The van der Waals surface area contributed by atoms with Crippen LogP contribution in [0.4, 0.5) is 5.82 Å². The smallest absolute Gasteiger partial charge is 0.171 e. The molecular weight excluding hydrogens is 226 g/mol. The molecule has 0 unspecified atom stereocenters. The molecule has 16 heavy (non-hydrogen) atoms. The first-order chi connectivity index (χ1) is 7.79. The summed E-state index contributed by atoms with van der Waals surface area (Å²) >= 11 is 6.04. The number of halogens is 1. The number of rotatable bonds is 1. The highest BCUT2D eigenvalue weighted by Crippen LogP contribution is 2.39. The molecule has 0 aliphatic carbocycles. The molecule has 2 aliphatic heterocycles. The average Bonchev–Trinajstić information content (AvgIpc) is 2.28. The summed E-state index contributed by atoms with van der Waals surface area (Å²) < 4.78 is 5.31. The van der Waals surface area contributed by atoms with Crippen LogP contribution in [-0.4, -0.2) is 36.3 Å². The van der Waals surface area contributed by atoms with Crippen molar-refractivity contribution in [2.24, 2.45) is 5.41 Å². The summed E-state index contributed by atoms with van der Waals surface area (Å²) in [4.78, 5) is 10.6. The lowest BCUT2D eigenvalue weighted by Crippen LogP contribution is -2.51. The van der Waals surface area contributed by atoms with E-state index in [0.717, 1.165) is 32.1 Å². The van der Waals surface area contributed by atoms with E-state index in [1.54, 1.807) is 12.4 Å². The van der Waals surface area contributed by atoms with Crippen LogP contribution < -0.4 is 4.90 Å². The maximum Gasteiger partial charge on any atom is 0.171 e. The zero-order valence-electron chi connectivity index (χ0n) is 9.03. The van der Waals surface area contributed by atoms with E-state index in [9.17, 15) is 0 Å². The van der Waals surface area contributed by atoms with Gasteiger partial charge in [0.2, 0.25) is 0 Å². The fourth-order valence-electron chi connectivity index (χ4n) is 2.40. The summed E-state index contributed by atoms with van der Waals surface area (Å²) in [5, 5.41) is 0.503. The molecule has 3 rings (SSSR count). The number of nitrogens with zero attached hydrogens (tertiary/aromatic N) is 3. The van der Waals surface area contributed by atoms with Crippen molar-refractivity contribution in [2.75, 3.05) is 31.2 Å². The van der Waals surface area contributed by atoms with Crippen molar-refractivity contribution in [3.63, 3.8) is 0 Å². The van der Waals surface area contributed by atoms with Gasteiger partial charge in [-0.2, -0.15) is 0 Å². The third kappa shape index (κ3) is 1.66. The summed E-state index contributed by atoms with van der Waals surface area (Å²) in [6.07, 6.45) is 5.65. The molecular formula is C11H14ClN3O. The van der Waals surface area contributed by atoms with Gasteiger partial charge in [-0.25, -0.2) is 9.97 Å². The molecule has 3 heterocycles. The van der Waals surface area contributed by atoms with Gasteiger partial charge in [-0.3, -0.25) is 0 Å². The van der Waals surface area contributed by atoms with Crippen LogP contribution in [0.25, 0.3) is 0 Å². The number of aromatic nitrogens is 2. The fraction of sp³-hybridized carbons (Fsp3) is 0.636. The molecule has 2 saturated heterocycles. The van der Waals surface area contributed by atoms with Gasteiger partial charge in [0.15, 0.2) is 11.0 Å². The number of hydrogen-bond donors (Lipinski definition) is 0. The maximum atomic E-state index is 6.04. The van der Waals surface area contributed by atoms with Crippen LogP contribution in [0.15, 0.2) is 12.4 Å². The lowest BCUT2D eigenvalue weighted by atomic mass is 9.77. The minimum Gasteiger partial charge on any atom is -0.380 e.